The predicted octanol–water partition coefficient (Wildman–Crippen LogP) is 3.90. The summed E-state index contributed by atoms with van der Waals surface area (Å²) in [6.45, 7) is 2.10. The van der Waals surface area contributed by atoms with Crippen molar-refractivity contribution < 1.29 is 19.0 Å². The van der Waals surface area contributed by atoms with Gasteiger partial charge in [-0.15, -0.1) is 0 Å². The Balaban J connectivity index is 1.98. The number of carbonyl (C=O) groups excluding carboxylic acids is 1. The van der Waals surface area contributed by atoms with Crippen molar-refractivity contribution in [2.75, 3.05) is 26.1 Å². The number of rotatable bonds is 7. The summed E-state index contributed by atoms with van der Waals surface area (Å²) in [4.78, 5) is 15.8. The molecule has 26 heavy (non-hydrogen) atoms. The number of esters is 1. The van der Waals surface area contributed by atoms with Crippen molar-refractivity contribution in [2.24, 2.45) is 0 Å². The number of methoxy groups -OCH3 is 2. The average Bonchev–Trinajstić information content (AvgIpc) is 3.10. The number of ether oxygens (including phenoxy) is 3. The molecule has 0 aliphatic carbocycles. The SMILES string of the molecule is CCOC(=O)C(Nc1ccc(OC)c(OC)c1)c1c[nH]c2ccccc12. The van der Waals surface area contributed by atoms with Crippen molar-refractivity contribution in [3.8, 4) is 11.5 Å². The first-order valence-corrected chi connectivity index (χ1v) is 8.39. The molecule has 136 valence electrons. The number of aromatic amines is 1. The van der Waals surface area contributed by atoms with Crippen LogP contribution >= 0.6 is 0 Å². The number of aromatic nitrogens is 1. The van der Waals surface area contributed by atoms with Crippen LogP contribution in [0.1, 0.15) is 18.5 Å². The van der Waals surface area contributed by atoms with Crippen LogP contribution in [0.2, 0.25) is 0 Å². The van der Waals surface area contributed by atoms with Gasteiger partial charge in [0.05, 0.1) is 20.8 Å². The molecule has 0 saturated heterocycles. The number of anilines is 1. The van der Waals surface area contributed by atoms with Crippen LogP contribution in [0.4, 0.5) is 5.69 Å². The van der Waals surface area contributed by atoms with Crippen LogP contribution in [0.25, 0.3) is 10.9 Å². The highest BCUT2D eigenvalue weighted by Gasteiger charge is 2.25. The number of hydrogen-bond donors (Lipinski definition) is 2. The molecule has 1 heterocycles. The Morgan fingerprint density at radius 1 is 1.12 bits per heavy atom. The van der Waals surface area contributed by atoms with E-state index in [1.54, 1.807) is 33.3 Å². The Morgan fingerprint density at radius 2 is 1.88 bits per heavy atom. The number of H-pyrrole nitrogens is 1. The van der Waals surface area contributed by atoms with E-state index in [0.29, 0.717) is 18.1 Å². The lowest BCUT2D eigenvalue weighted by atomic mass is 10.1. The van der Waals surface area contributed by atoms with Crippen LogP contribution in [0.5, 0.6) is 11.5 Å². The Morgan fingerprint density at radius 3 is 2.62 bits per heavy atom. The van der Waals surface area contributed by atoms with E-state index in [2.05, 4.69) is 10.3 Å². The molecule has 0 aliphatic heterocycles. The van der Waals surface area contributed by atoms with Gasteiger partial charge in [0.25, 0.3) is 0 Å². The zero-order chi connectivity index (χ0) is 18.5. The third-order valence-corrected chi connectivity index (χ3v) is 4.15. The van der Waals surface area contributed by atoms with Crippen molar-refractivity contribution in [3.63, 3.8) is 0 Å². The second-order valence-electron chi connectivity index (χ2n) is 5.69. The van der Waals surface area contributed by atoms with Crippen LogP contribution in [0, 0.1) is 0 Å². The van der Waals surface area contributed by atoms with Crippen LogP contribution in [0.15, 0.2) is 48.7 Å². The van der Waals surface area contributed by atoms with Gasteiger partial charge in [0.1, 0.15) is 0 Å². The van der Waals surface area contributed by atoms with Crippen molar-refractivity contribution in [3.05, 3.63) is 54.2 Å². The van der Waals surface area contributed by atoms with Gasteiger partial charge >= 0.3 is 5.97 Å². The summed E-state index contributed by atoms with van der Waals surface area (Å²) in [6, 6.07) is 12.6. The Hall–Kier alpha value is -3.15. The summed E-state index contributed by atoms with van der Waals surface area (Å²) in [7, 11) is 3.16. The lowest BCUT2D eigenvalue weighted by Crippen LogP contribution is -2.23. The number of nitrogens with one attached hydrogen (secondary N) is 2. The molecule has 3 rings (SSSR count). The lowest BCUT2D eigenvalue weighted by Gasteiger charge is -2.19. The highest BCUT2D eigenvalue weighted by atomic mass is 16.5. The van der Waals surface area contributed by atoms with Crippen LogP contribution in [-0.2, 0) is 9.53 Å². The zero-order valence-corrected chi connectivity index (χ0v) is 15.0. The molecule has 6 nitrogen and oxygen atoms in total. The Bertz CT molecular complexity index is 904. The molecule has 0 spiro atoms. The van der Waals surface area contributed by atoms with E-state index in [4.69, 9.17) is 14.2 Å². The largest absolute Gasteiger partial charge is 0.493 e. The molecule has 1 atom stereocenters. The van der Waals surface area contributed by atoms with Gasteiger partial charge in [-0.1, -0.05) is 18.2 Å². The highest BCUT2D eigenvalue weighted by Crippen LogP contribution is 2.33. The fourth-order valence-corrected chi connectivity index (χ4v) is 2.91. The quantitative estimate of drug-likeness (QED) is 0.630. The molecule has 0 saturated carbocycles. The minimum Gasteiger partial charge on any atom is -0.493 e. The maximum absolute atomic E-state index is 12.6. The molecule has 1 unspecified atom stereocenters. The van der Waals surface area contributed by atoms with E-state index in [1.165, 1.54) is 0 Å². The molecule has 2 aromatic carbocycles. The smallest absolute Gasteiger partial charge is 0.333 e. The normalized spacial score (nSPS) is 11.8. The molecule has 3 aromatic rings. The summed E-state index contributed by atoms with van der Waals surface area (Å²) >= 11 is 0. The predicted molar refractivity (Wildman–Crippen MR) is 101 cm³/mol. The summed E-state index contributed by atoms with van der Waals surface area (Å²) in [5, 5.41) is 4.22. The maximum atomic E-state index is 12.6. The maximum Gasteiger partial charge on any atom is 0.333 e. The van der Waals surface area contributed by atoms with E-state index < -0.39 is 6.04 Å². The summed E-state index contributed by atoms with van der Waals surface area (Å²) in [5.74, 6) is 0.865. The van der Waals surface area contributed by atoms with E-state index in [-0.39, 0.29) is 5.97 Å². The van der Waals surface area contributed by atoms with Crippen molar-refractivity contribution in [2.45, 2.75) is 13.0 Å². The second-order valence-corrected chi connectivity index (χ2v) is 5.69. The van der Waals surface area contributed by atoms with Crippen molar-refractivity contribution >= 4 is 22.6 Å². The van der Waals surface area contributed by atoms with Crippen molar-refractivity contribution in [1.29, 1.82) is 0 Å². The molecule has 0 amide bonds. The number of fused-ring (bicyclic) bond motifs is 1. The number of para-hydroxylation sites is 1. The lowest BCUT2D eigenvalue weighted by molar-refractivity contribution is -0.144. The molecule has 1 aromatic heterocycles. The van der Waals surface area contributed by atoms with Crippen LogP contribution in [-0.4, -0.2) is 31.8 Å². The van der Waals surface area contributed by atoms with Gasteiger partial charge in [0, 0.05) is 34.4 Å². The fraction of sp³-hybridized carbons (Fsp3) is 0.250. The molecule has 0 bridgehead atoms. The standard InChI is InChI=1S/C20H22N2O4/c1-4-26-20(23)19(15-12-21-16-8-6-5-7-14(15)16)22-13-9-10-17(24-2)18(11-13)25-3/h5-12,19,21-22H,4H2,1-3H3. The third kappa shape index (κ3) is 3.44. The van der Waals surface area contributed by atoms with Gasteiger partial charge < -0.3 is 24.5 Å². The average molecular weight is 354 g/mol. The van der Waals surface area contributed by atoms with Gasteiger partial charge in [0.2, 0.25) is 0 Å². The van der Waals surface area contributed by atoms with Crippen LogP contribution in [0.3, 0.4) is 0 Å². The summed E-state index contributed by atoms with van der Waals surface area (Å²) in [6.07, 6.45) is 1.83. The summed E-state index contributed by atoms with van der Waals surface area (Å²) in [5.41, 5.74) is 2.52. The molecule has 0 fully saturated rings. The molecular weight excluding hydrogens is 332 g/mol. The first-order valence-electron chi connectivity index (χ1n) is 8.39. The Labute approximate surface area is 152 Å². The van der Waals surface area contributed by atoms with E-state index >= 15 is 0 Å². The fourth-order valence-electron chi connectivity index (χ4n) is 2.91. The van der Waals surface area contributed by atoms with E-state index in [0.717, 1.165) is 22.2 Å². The van der Waals surface area contributed by atoms with Crippen molar-refractivity contribution in [1.82, 2.24) is 4.98 Å². The molecule has 6 heteroatoms. The van der Waals surface area contributed by atoms with E-state index in [9.17, 15) is 4.79 Å². The Kier molecular flexibility index (Phi) is 5.31. The van der Waals surface area contributed by atoms with Gasteiger partial charge in [-0.3, -0.25) is 0 Å². The minimum absolute atomic E-state index is 0.311. The van der Waals surface area contributed by atoms with Crippen LogP contribution < -0.4 is 14.8 Å². The van der Waals surface area contributed by atoms with Gasteiger partial charge in [-0.05, 0) is 25.1 Å². The number of benzene rings is 2. The molecule has 0 aliphatic rings. The molecular formula is C20H22N2O4. The van der Waals surface area contributed by atoms with E-state index in [1.807, 2.05) is 36.5 Å². The first-order chi connectivity index (χ1) is 12.7. The molecule has 2 N–H and O–H groups in total. The highest BCUT2D eigenvalue weighted by molar-refractivity contribution is 5.91. The first kappa shape index (κ1) is 17.7. The van der Waals surface area contributed by atoms with Gasteiger partial charge in [-0.2, -0.15) is 0 Å². The molecule has 0 radical (unpaired) electrons. The number of carbonyl (C=O) groups is 1. The van der Waals surface area contributed by atoms with Gasteiger partial charge in [-0.25, -0.2) is 4.79 Å². The van der Waals surface area contributed by atoms with Gasteiger partial charge in [0.15, 0.2) is 17.5 Å². The monoisotopic (exact) mass is 354 g/mol. The minimum atomic E-state index is -0.649. The second kappa shape index (κ2) is 7.82. The third-order valence-electron chi connectivity index (χ3n) is 4.15. The topological polar surface area (TPSA) is 72.6 Å². The zero-order valence-electron chi connectivity index (χ0n) is 15.0. The number of hydrogen-bond acceptors (Lipinski definition) is 5. The summed E-state index contributed by atoms with van der Waals surface area (Å²) < 4.78 is 15.9.